The summed E-state index contributed by atoms with van der Waals surface area (Å²) in [5.74, 6) is 1.06. The van der Waals surface area contributed by atoms with Crippen LogP contribution >= 0.6 is 0 Å². The molecule has 1 atom stereocenters. The predicted molar refractivity (Wildman–Crippen MR) is 81.9 cm³/mol. The zero-order chi connectivity index (χ0) is 14.9. The van der Waals surface area contributed by atoms with E-state index in [0.717, 1.165) is 6.54 Å². The second kappa shape index (κ2) is 5.62. The van der Waals surface area contributed by atoms with Crippen molar-refractivity contribution in [2.45, 2.75) is 52.0 Å². The fourth-order valence-corrected chi connectivity index (χ4v) is 4.27. The molecule has 2 amide bonds. The van der Waals surface area contributed by atoms with Crippen molar-refractivity contribution in [3.63, 3.8) is 0 Å². The molecule has 1 aliphatic carbocycles. The van der Waals surface area contributed by atoms with Gasteiger partial charge in [-0.1, -0.05) is 33.1 Å². The Labute approximate surface area is 126 Å². The summed E-state index contributed by atoms with van der Waals surface area (Å²) in [6.45, 7) is 5.35. The molecule has 114 valence electrons. The van der Waals surface area contributed by atoms with Crippen LogP contribution in [0.15, 0.2) is 18.6 Å². The van der Waals surface area contributed by atoms with Crippen molar-refractivity contribution in [2.75, 3.05) is 11.9 Å². The van der Waals surface area contributed by atoms with E-state index in [-0.39, 0.29) is 6.03 Å². The molecule has 0 aromatic carbocycles. The topological polar surface area (TPSA) is 58.1 Å². The third-order valence-electron chi connectivity index (χ3n) is 5.01. The zero-order valence-corrected chi connectivity index (χ0v) is 12.9. The average Bonchev–Trinajstić information content (AvgIpc) is 2.46. The van der Waals surface area contributed by atoms with E-state index >= 15 is 0 Å². The molecule has 0 radical (unpaired) electrons. The van der Waals surface area contributed by atoms with Gasteiger partial charge >= 0.3 is 6.03 Å². The first-order chi connectivity index (χ1) is 10.1. The predicted octanol–water partition coefficient (Wildman–Crippen LogP) is 3.30. The molecule has 1 N–H and O–H groups in total. The molecule has 0 bridgehead atoms. The van der Waals surface area contributed by atoms with Crippen LogP contribution in [0.5, 0.6) is 0 Å². The van der Waals surface area contributed by atoms with Gasteiger partial charge in [0.2, 0.25) is 0 Å². The molecule has 2 heterocycles. The number of anilines is 1. The lowest BCUT2D eigenvalue weighted by Crippen LogP contribution is -2.69. The fraction of sp³-hybridized carbons (Fsp3) is 0.688. The highest BCUT2D eigenvalue weighted by molar-refractivity contribution is 5.89. The molecule has 21 heavy (non-hydrogen) atoms. The molecule has 1 saturated carbocycles. The molecule has 1 unspecified atom stereocenters. The fourth-order valence-electron chi connectivity index (χ4n) is 4.27. The van der Waals surface area contributed by atoms with E-state index in [1.807, 2.05) is 4.90 Å². The number of nitrogens with zero attached hydrogens (tertiary/aromatic N) is 3. The Morgan fingerprint density at radius 1 is 1.38 bits per heavy atom. The lowest BCUT2D eigenvalue weighted by molar-refractivity contribution is -0.0854. The summed E-state index contributed by atoms with van der Waals surface area (Å²) in [5.41, 5.74) is 0.370. The van der Waals surface area contributed by atoms with Gasteiger partial charge in [0.25, 0.3) is 0 Å². The number of aromatic nitrogens is 2. The van der Waals surface area contributed by atoms with Crippen molar-refractivity contribution in [1.82, 2.24) is 14.9 Å². The minimum Gasteiger partial charge on any atom is -0.320 e. The van der Waals surface area contributed by atoms with Crippen LogP contribution in [0.25, 0.3) is 0 Å². The molecular formula is C16H24N4O. The smallest absolute Gasteiger partial charge is 0.320 e. The van der Waals surface area contributed by atoms with Crippen LogP contribution in [0.4, 0.5) is 10.6 Å². The summed E-state index contributed by atoms with van der Waals surface area (Å²) in [6.07, 6.45) is 9.60. The van der Waals surface area contributed by atoms with Crippen LogP contribution in [0.3, 0.4) is 0 Å². The zero-order valence-electron chi connectivity index (χ0n) is 12.9. The highest BCUT2D eigenvalue weighted by atomic mass is 16.2. The highest BCUT2D eigenvalue weighted by Crippen LogP contribution is 2.51. The second-order valence-electron chi connectivity index (χ2n) is 6.76. The molecule has 2 fully saturated rings. The SMILES string of the molecule is CC(C)C1N(C(=O)Nc2ccncn2)CC12CCCCC2. The number of carbonyl (C=O) groups excluding carboxylic acids is 1. The van der Waals surface area contributed by atoms with Crippen LogP contribution < -0.4 is 5.32 Å². The van der Waals surface area contributed by atoms with Crippen molar-refractivity contribution < 1.29 is 4.79 Å². The normalized spacial score (nSPS) is 24.0. The monoisotopic (exact) mass is 288 g/mol. The third kappa shape index (κ3) is 2.61. The summed E-state index contributed by atoms with van der Waals surface area (Å²) >= 11 is 0. The van der Waals surface area contributed by atoms with E-state index in [1.54, 1.807) is 12.3 Å². The van der Waals surface area contributed by atoms with Crippen LogP contribution in [-0.4, -0.2) is 33.5 Å². The van der Waals surface area contributed by atoms with Gasteiger partial charge in [-0.05, 0) is 24.8 Å². The first kappa shape index (κ1) is 14.3. The number of hydrogen-bond acceptors (Lipinski definition) is 3. The standard InChI is InChI=1S/C16H24N4O/c1-12(2)14-16(7-4-3-5-8-16)10-20(14)15(21)19-13-6-9-17-11-18-13/h6,9,11-12,14H,3-5,7-8,10H2,1-2H3,(H,17,18,19,21). The Hall–Kier alpha value is -1.65. The minimum atomic E-state index is -0.0244. The summed E-state index contributed by atoms with van der Waals surface area (Å²) in [4.78, 5) is 22.4. The lowest BCUT2D eigenvalue weighted by Gasteiger charge is -2.61. The Kier molecular flexibility index (Phi) is 3.83. The Balaban J connectivity index is 1.69. The minimum absolute atomic E-state index is 0.0244. The van der Waals surface area contributed by atoms with Gasteiger partial charge in [-0.2, -0.15) is 0 Å². The van der Waals surface area contributed by atoms with Crippen LogP contribution in [0.1, 0.15) is 46.0 Å². The van der Waals surface area contributed by atoms with E-state index in [2.05, 4.69) is 29.1 Å². The number of likely N-dealkylation sites (tertiary alicyclic amines) is 1. The maximum absolute atomic E-state index is 12.5. The van der Waals surface area contributed by atoms with Gasteiger partial charge in [0.1, 0.15) is 12.1 Å². The average molecular weight is 288 g/mol. The molecule has 2 aliphatic rings. The van der Waals surface area contributed by atoms with Gasteiger partial charge in [-0.3, -0.25) is 5.32 Å². The molecule has 1 spiro atoms. The number of amides is 2. The number of hydrogen-bond donors (Lipinski definition) is 1. The molecule has 5 heteroatoms. The molecule has 1 saturated heterocycles. The third-order valence-corrected chi connectivity index (χ3v) is 5.01. The van der Waals surface area contributed by atoms with Crippen molar-refractivity contribution in [3.05, 3.63) is 18.6 Å². The molecule has 1 aliphatic heterocycles. The molecular weight excluding hydrogens is 264 g/mol. The maximum Gasteiger partial charge on any atom is 0.323 e. The summed E-state index contributed by atoms with van der Waals surface area (Å²) < 4.78 is 0. The van der Waals surface area contributed by atoms with Crippen molar-refractivity contribution in [2.24, 2.45) is 11.3 Å². The largest absolute Gasteiger partial charge is 0.323 e. The summed E-state index contributed by atoms with van der Waals surface area (Å²) in [6, 6.07) is 2.06. The number of carbonyl (C=O) groups is 1. The first-order valence-corrected chi connectivity index (χ1v) is 7.96. The molecule has 5 nitrogen and oxygen atoms in total. The van der Waals surface area contributed by atoms with Crippen molar-refractivity contribution in [1.29, 1.82) is 0 Å². The quantitative estimate of drug-likeness (QED) is 0.908. The Morgan fingerprint density at radius 3 is 2.76 bits per heavy atom. The summed E-state index contributed by atoms with van der Waals surface area (Å²) in [7, 11) is 0. The van der Waals surface area contributed by atoms with Crippen LogP contribution in [-0.2, 0) is 0 Å². The van der Waals surface area contributed by atoms with Gasteiger partial charge in [0.05, 0.1) is 0 Å². The van der Waals surface area contributed by atoms with Gasteiger partial charge < -0.3 is 4.90 Å². The maximum atomic E-state index is 12.5. The first-order valence-electron chi connectivity index (χ1n) is 7.96. The van der Waals surface area contributed by atoms with Crippen molar-refractivity contribution in [3.8, 4) is 0 Å². The lowest BCUT2D eigenvalue weighted by atomic mass is 9.60. The van der Waals surface area contributed by atoms with E-state index < -0.39 is 0 Å². The Bertz CT molecular complexity index is 496. The second-order valence-corrected chi connectivity index (χ2v) is 6.76. The number of nitrogens with one attached hydrogen (secondary N) is 1. The molecule has 1 aromatic rings. The van der Waals surface area contributed by atoms with Gasteiger partial charge in [-0.25, -0.2) is 14.8 Å². The summed E-state index contributed by atoms with van der Waals surface area (Å²) in [5, 5.41) is 2.89. The van der Waals surface area contributed by atoms with E-state index in [0.29, 0.717) is 23.2 Å². The molecule has 1 aromatic heterocycles. The van der Waals surface area contributed by atoms with E-state index in [9.17, 15) is 4.79 Å². The van der Waals surface area contributed by atoms with Gasteiger partial charge in [-0.15, -0.1) is 0 Å². The molecule has 3 rings (SSSR count). The van der Waals surface area contributed by atoms with E-state index in [4.69, 9.17) is 0 Å². The number of urea groups is 1. The van der Waals surface area contributed by atoms with Crippen LogP contribution in [0.2, 0.25) is 0 Å². The number of rotatable bonds is 2. The van der Waals surface area contributed by atoms with Gasteiger partial charge in [0, 0.05) is 24.2 Å². The van der Waals surface area contributed by atoms with Crippen LogP contribution in [0, 0.1) is 11.3 Å². The van der Waals surface area contributed by atoms with Gasteiger partial charge in [0.15, 0.2) is 0 Å². The van der Waals surface area contributed by atoms with Crippen molar-refractivity contribution >= 4 is 11.8 Å². The Morgan fingerprint density at radius 2 is 2.14 bits per heavy atom. The highest BCUT2D eigenvalue weighted by Gasteiger charge is 2.55. The van der Waals surface area contributed by atoms with E-state index in [1.165, 1.54) is 38.4 Å².